The number of hydrogen-bond donors (Lipinski definition) is 1. The molecule has 3 nitrogen and oxygen atoms in total. The Morgan fingerprint density at radius 2 is 2.16 bits per heavy atom. The zero-order valence-electron chi connectivity index (χ0n) is 12.1. The van der Waals surface area contributed by atoms with E-state index in [9.17, 15) is 0 Å². The minimum absolute atomic E-state index is 0.681. The molecule has 2 aromatic rings. The van der Waals surface area contributed by atoms with Gasteiger partial charge in [0.25, 0.3) is 0 Å². The maximum atomic E-state index is 4.83. The molecule has 0 bridgehead atoms. The van der Waals surface area contributed by atoms with Gasteiger partial charge in [0.2, 0.25) is 0 Å². The summed E-state index contributed by atoms with van der Waals surface area (Å²) in [6.07, 6.45) is 2.60. The van der Waals surface area contributed by atoms with E-state index in [2.05, 4.69) is 48.9 Å². The van der Waals surface area contributed by atoms with Crippen LogP contribution in [0.5, 0.6) is 0 Å². The SMILES string of the molecule is Cc1ccc2c(c1)nc(CNCC(C)C)n2C1CC1. The number of benzene rings is 1. The third kappa shape index (κ3) is 2.66. The van der Waals surface area contributed by atoms with Crippen LogP contribution in [-0.2, 0) is 6.54 Å². The Hall–Kier alpha value is -1.35. The second-order valence-corrected chi connectivity index (χ2v) is 6.15. The van der Waals surface area contributed by atoms with Crippen molar-refractivity contribution in [1.82, 2.24) is 14.9 Å². The van der Waals surface area contributed by atoms with E-state index in [0.29, 0.717) is 12.0 Å². The molecule has 3 heteroatoms. The maximum Gasteiger partial charge on any atom is 0.124 e. The highest BCUT2D eigenvalue weighted by Crippen LogP contribution is 2.38. The lowest BCUT2D eigenvalue weighted by Crippen LogP contribution is -2.21. The van der Waals surface area contributed by atoms with Crippen molar-refractivity contribution in [2.75, 3.05) is 6.54 Å². The molecule has 1 aromatic carbocycles. The van der Waals surface area contributed by atoms with E-state index in [-0.39, 0.29) is 0 Å². The molecule has 1 N–H and O–H groups in total. The number of nitrogens with zero attached hydrogens (tertiary/aromatic N) is 2. The van der Waals surface area contributed by atoms with E-state index in [1.54, 1.807) is 0 Å². The van der Waals surface area contributed by atoms with E-state index >= 15 is 0 Å². The largest absolute Gasteiger partial charge is 0.324 e. The van der Waals surface area contributed by atoms with Crippen LogP contribution < -0.4 is 5.32 Å². The third-order valence-corrected chi connectivity index (χ3v) is 3.67. The molecule has 19 heavy (non-hydrogen) atoms. The fourth-order valence-electron chi connectivity index (χ4n) is 2.60. The summed E-state index contributed by atoms with van der Waals surface area (Å²) in [6.45, 7) is 8.53. The van der Waals surface area contributed by atoms with E-state index in [0.717, 1.165) is 18.6 Å². The van der Waals surface area contributed by atoms with Gasteiger partial charge in [0.1, 0.15) is 5.82 Å². The lowest BCUT2D eigenvalue weighted by Gasteiger charge is -2.10. The normalized spacial score (nSPS) is 15.6. The first-order chi connectivity index (χ1) is 9.15. The van der Waals surface area contributed by atoms with Crippen molar-refractivity contribution in [2.45, 2.75) is 46.2 Å². The summed E-state index contributed by atoms with van der Waals surface area (Å²) in [6, 6.07) is 7.29. The first kappa shape index (κ1) is 12.7. The molecule has 0 saturated heterocycles. The van der Waals surface area contributed by atoms with Crippen molar-refractivity contribution in [2.24, 2.45) is 5.92 Å². The summed E-state index contributed by atoms with van der Waals surface area (Å²) >= 11 is 0. The van der Waals surface area contributed by atoms with Crippen molar-refractivity contribution < 1.29 is 0 Å². The minimum Gasteiger partial charge on any atom is -0.324 e. The molecule has 1 fully saturated rings. The van der Waals surface area contributed by atoms with Gasteiger partial charge in [0.05, 0.1) is 17.6 Å². The first-order valence-corrected chi connectivity index (χ1v) is 7.33. The van der Waals surface area contributed by atoms with Gasteiger partial charge in [-0.1, -0.05) is 19.9 Å². The molecule has 1 aliphatic rings. The fraction of sp³-hybridized carbons (Fsp3) is 0.562. The van der Waals surface area contributed by atoms with Crippen molar-refractivity contribution >= 4 is 11.0 Å². The zero-order valence-corrected chi connectivity index (χ0v) is 12.1. The van der Waals surface area contributed by atoms with Crippen LogP contribution in [0.3, 0.4) is 0 Å². The van der Waals surface area contributed by atoms with Crippen LogP contribution in [0.25, 0.3) is 11.0 Å². The molecule has 1 heterocycles. The van der Waals surface area contributed by atoms with E-state index in [1.165, 1.54) is 29.7 Å². The van der Waals surface area contributed by atoms with Crippen molar-refractivity contribution in [1.29, 1.82) is 0 Å². The number of imidazole rings is 1. The molecule has 102 valence electrons. The number of rotatable bonds is 5. The summed E-state index contributed by atoms with van der Waals surface area (Å²) in [7, 11) is 0. The quantitative estimate of drug-likeness (QED) is 0.889. The average Bonchev–Trinajstić information content (AvgIpc) is 3.11. The molecule has 0 spiro atoms. The second-order valence-electron chi connectivity index (χ2n) is 6.15. The van der Waals surface area contributed by atoms with Crippen molar-refractivity contribution in [3.8, 4) is 0 Å². The van der Waals surface area contributed by atoms with E-state index in [1.807, 2.05) is 0 Å². The molecule has 0 aliphatic heterocycles. The van der Waals surface area contributed by atoms with Crippen LogP contribution in [0.1, 0.15) is 44.1 Å². The Kier molecular flexibility index (Phi) is 3.31. The number of fused-ring (bicyclic) bond motifs is 1. The average molecular weight is 257 g/mol. The molecule has 3 rings (SSSR count). The Morgan fingerprint density at radius 1 is 1.37 bits per heavy atom. The van der Waals surface area contributed by atoms with Gasteiger partial charge in [-0.15, -0.1) is 0 Å². The molecule has 0 amide bonds. The lowest BCUT2D eigenvalue weighted by atomic mass is 10.2. The second kappa shape index (κ2) is 4.97. The molecular formula is C16H23N3. The molecule has 1 aromatic heterocycles. The highest BCUT2D eigenvalue weighted by molar-refractivity contribution is 5.77. The summed E-state index contributed by atoms with van der Waals surface area (Å²) in [5.74, 6) is 1.88. The number of hydrogen-bond acceptors (Lipinski definition) is 2. The summed E-state index contributed by atoms with van der Waals surface area (Å²) < 4.78 is 2.45. The highest BCUT2D eigenvalue weighted by atomic mass is 15.1. The molecule has 0 atom stereocenters. The third-order valence-electron chi connectivity index (χ3n) is 3.67. The summed E-state index contributed by atoms with van der Waals surface area (Å²) in [5, 5.41) is 3.52. The molecule has 0 unspecified atom stereocenters. The fourth-order valence-corrected chi connectivity index (χ4v) is 2.60. The molecular weight excluding hydrogens is 234 g/mol. The summed E-state index contributed by atoms with van der Waals surface area (Å²) in [5.41, 5.74) is 3.73. The molecule has 1 aliphatic carbocycles. The summed E-state index contributed by atoms with van der Waals surface area (Å²) in [4.78, 5) is 4.83. The topological polar surface area (TPSA) is 29.9 Å². The van der Waals surface area contributed by atoms with Gasteiger partial charge in [-0.05, 0) is 49.9 Å². The zero-order chi connectivity index (χ0) is 13.4. The van der Waals surface area contributed by atoms with Gasteiger partial charge < -0.3 is 9.88 Å². The van der Waals surface area contributed by atoms with E-state index < -0.39 is 0 Å². The number of aromatic nitrogens is 2. The standard InChI is InChI=1S/C16H23N3/c1-11(2)9-17-10-16-18-14-8-12(3)4-7-15(14)19(16)13-5-6-13/h4,7-8,11,13,17H,5-6,9-10H2,1-3H3. The Morgan fingerprint density at radius 3 is 2.84 bits per heavy atom. The van der Waals surface area contributed by atoms with Crippen LogP contribution in [0.15, 0.2) is 18.2 Å². The van der Waals surface area contributed by atoms with Crippen LogP contribution in [0.4, 0.5) is 0 Å². The highest BCUT2D eigenvalue weighted by Gasteiger charge is 2.27. The van der Waals surface area contributed by atoms with Gasteiger partial charge >= 0.3 is 0 Å². The lowest BCUT2D eigenvalue weighted by molar-refractivity contribution is 0.531. The van der Waals surface area contributed by atoms with Gasteiger partial charge in [-0.3, -0.25) is 0 Å². The maximum absolute atomic E-state index is 4.83. The van der Waals surface area contributed by atoms with Gasteiger partial charge in [0.15, 0.2) is 0 Å². The van der Waals surface area contributed by atoms with Crippen LogP contribution in [-0.4, -0.2) is 16.1 Å². The number of aryl methyl sites for hydroxylation is 1. The predicted octanol–water partition coefficient (Wildman–Crippen LogP) is 3.43. The van der Waals surface area contributed by atoms with E-state index in [4.69, 9.17) is 4.98 Å². The Balaban J connectivity index is 1.91. The van der Waals surface area contributed by atoms with Crippen LogP contribution >= 0.6 is 0 Å². The number of nitrogens with one attached hydrogen (secondary N) is 1. The van der Waals surface area contributed by atoms with Gasteiger partial charge in [-0.2, -0.15) is 0 Å². The molecule has 0 radical (unpaired) electrons. The van der Waals surface area contributed by atoms with Crippen molar-refractivity contribution in [3.05, 3.63) is 29.6 Å². The monoisotopic (exact) mass is 257 g/mol. The Bertz CT molecular complexity index is 579. The Labute approximate surface area is 115 Å². The molecule has 1 saturated carbocycles. The predicted molar refractivity (Wildman–Crippen MR) is 79.3 cm³/mol. The van der Waals surface area contributed by atoms with Gasteiger partial charge in [0, 0.05) is 6.04 Å². The van der Waals surface area contributed by atoms with Crippen LogP contribution in [0.2, 0.25) is 0 Å². The van der Waals surface area contributed by atoms with Crippen LogP contribution in [0, 0.1) is 12.8 Å². The van der Waals surface area contributed by atoms with Crippen molar-refractivity contribution in [3.63, 3.8) is 0 Å². The van der Waals surface area contributed by atoms with Gasteiger partial charge in [-0.25, -0.2) is 4.98 Å². The minimum atomic E-state index is 0.681. The smallest absolute Gasteiger partial charge is 0.124 e. The first-order valence-electron chi connectivity index (χ1n) is 7.33.